The zero-order valence-corrected chi connectivity index (χ0v) is 16.0. The Morgan fingerprint density at radius 1 is 1.22 bits per heavy atom. The number of aromatic nitrogens is 3. The number of aryl methyl sites for hydroxylation is 2. The summed E-state index contributed by atoms with van der Waals surface area (Å²) >= 11 is 1.93. The first-order valence-electron chi connectivity index (χ1n) is 8.78. The summed E-state index contributed by atoms with van der Waals surface area (Å²) in [5.74, 6) is 2.36. The van der Waals surface area contributed by atoms with Crippen LogP contribution >= 0.6 is 11.8 Å². The first kappa shape index (κ1) is 17.8. The van der Waals surface area contributed by atoms with Crippen LogP contribution < -0.4 is 10.2 Å². The lowest BCUT2D eigenvalue weighted by Gasteiger charge is -2.28. The summed E-state index contributed by atoms with van der Waals surface area (Å²) in [5.41, 5.74) is 2.98. The molecule has 3 heterocycles. The van der Waals surface area contributed by atoms with Gasteiger partial charge in [-0.15, -0.1) is 0 Å². The number of fused-ring (bicyclic) bond motifs is 1. The Bertz CT molecular complexity index is 1010. The Morgan fingerprint density at radius 3 is 2.74 bits per heavy atom. The van der Waals surface area contributed by atoms with Gasteiger partial charge in [-0.3, -0.25) is 4.79 Å². The molecule has 1 saturated heterocycles. The van der Waals surface area contributed by atoms with Gasteiger partial charge in [0.15, 0.2) is 11.5 Å². The average Bonchev–Trinajstić information content (AvgIpc) is 3.09. The topological polar surface area (TPSA) is 62.5 Å². The molecule has 0 atom stereocenters. The number of hydrogen-bond donors (Lipinski definition) is 1. The molecule has 1 N–H and O–H groups in total. The molecule has 0 unspecified atom stereocenters. The van der Waals surface area contributed by atoms with E-state index in [1.807, 2.05) is 24.9 Å². The fourth-order valence-electron chi connectivity index (χ4n) is 3.13. The van der Waals surface area contributed by atoms with E-state index in [4.69, 9.17) is 0 Å². The van der Waals surface area contributed by atoms with Crippen molar-refractivity contribution in [2.24, 2.45) is 0 Å². The Morgan fingerprint density at radius 2 is 2.00 bits per heavy atom. The van der Waals surface area contributed by atoms with Crippen molar-refractivity contribution in [2.75, 3.05) is 34.8 Å². The molecule has 0 saturated carbocycles. The van der Waals surface area contributed by atoms with Crippen LogP contribution in [0.15, 0.2) is 30.5 Å². The summed E-state index contributed by atoms with van der Waals surface area (Å²) in [6, 6.07) is 6.24. The highest BCUT2D eigenvalue weighted by Gasteiger charge is 2.20. The summed E-state index contributed by atoms with van der Waals surface area (Å²) in [4.78, 5) is 19.6. The van der Waals surface area contributed by atoms with E-state index in [9.17, 15) is 9.18 Å². The van der Waals surface area contributed by atoms with Gasteiger partial charge in [-0.1, -0.05) is 0 Å². The van der Waals surface area contributed by atoms with E-state index in [1.54, 1.807) is 29.6 Å². The van der Waals surface area contributed by atoms with Crippen molar-refractivity contribution in [2.45, 2.75) is 13.8 Å². The van der Waals surface area contributed by atoms with Gasteiger partial charge in [-0.05, 0) is 37.6 Å². The molecular formula is C19H20FN5OS. The van der Waals surface area contributed by atoms with Crippen LogP contribution in [0, 0.1) is 19.7 Å². The van der Waals surface area contributed by atoms with Crippen molar-refractivity contribution in [1.82, 2.24) is 14.6 Å². The SMILES string of the molecule is Cc1cn2nc(C(=O)Nc3ccc(F)c(C)c3)cc2c(N2CCSCC2)n1. The van der Waals surface area contributed by atoms with E-state index in [0.29, 0.717) is 16.9 Å². The Kier molecular flexibility index (Phi) is 4.73. The molecule has 1 aliphatic heterocycles. The van der Waals surface area contributed by atoms with Crippen molar-refractivity contribution >= 4 is 34.7 Å². The molecule has 0 bridgehead atoms. The van der Waals surface area contributed by atoms with Crippen LogP contribution in [-0.2, 0) is 0 Å². The monoisotopic (exact) mass is 385 g/mol. The predicted molar refractivity (Wildman–Crippen MR) is 106 cm³/mol. The molecule has 1 fully saturated rings. The van der Waals surface area contributed by atoms with Crippen molar-refractivity contribution < 1.29 is 9.18 Å². The molecule has 0 spiro atoms. The van der Waals surface area contributed by atoms with Gasteiger partial charge in [0.1, 0.15) is 11.3 Å². The number of nitrogens with zero attached hydrogens (tertiary/aromatic N) is 4. The molecule has 0 aliphatic carbocycles. The summed E-state index contributed by atoms with van der Waals surface area (Å²) in [7, 11) is 0. The number of hydrogen-bond acceptors (Lipinski definition) is 5. The molecule has 6 nitrogen and oxygen atoms in total. The fraction of sp³-hybridized carbons (Fsp3) is 0.316. The number of carbonyl (C=O) groups is 1. The number of benzene rings is 1. The van der Waals surface area contributed by atoms with Gasteiger partial charge in [0.25, 0.3) is 5.91 Å². The van der Waals surface area contributed by atoms with Crippen LogP contribution in [0.1, 0.15) is 21.7 Å². The molecule has 1 aliphatic rings. The van der Waals surface area contributed by atoms with E-state index >= 15 is 0 Å². The number of rotatable bonds is 3. The molecule has 1 aromatic carbocycles. The van der Waals surface area contributed by atoms with Gasteiger partial charge in [-0.2, -0.15) is 16.9 Å². The first-order valence-corrected chi connectivity index (χ1v) is 9.94. The third kappa shape index (κ3) is 3.62. The highest BCUT2D eigenvalue weighted by atomic mass is 32.2. The van der Waals surface area contributed by atoms with Gasteiger partial charge in [-0.25, -0.2) is 13.9 Å². The minimum Gasteiger partial charge on any atom is -0.353 e. The maximum Gasteiger partial charge on any atom is 0.276 e. The molecule has 1 amide bonds. The maximum atomic E-state index is 13.4. The van der Waals surface area contributed by atoms with Crippen LogP contribution in [0.25, 0.3) is 5.52 Å². The van der Waals surface area contributed by atoms with Crippen LogP contribution in [0.4, 0.5) is 15.9 Å². The van der Waals surface area contributed by atoms with Crippen molar-refractivity contribution in [3.8, 4) is 0 Å². The number of halogens is 1. The van der Waals surface area contributed by atoms with Crippen molar-refractivity contribution in [3.05, 3.63) is 53.2 Å². The number of thioether (sulfide) groups is 1. The lowest BCUT2D eigenvalue weighted by molar-refractivity contribution is 0.102. The van der Waals surface area contributed by atoms with E-state index in [-0.39, 0.29) is 11.7 Å². The molecule has 4 rings (SSSR count). The van der Waals surface area contributed by atoms with Gasteiger partial charge in [0.2, 0.25) is 0 Å². The van der Waals surface area contributed by atoms with Crippen LogP contribution in [-0.4, -0.2) is 45.1 Å². The van der Waals surface area contributed by atoms with Crippen molar-refractivity contribution in [1.29, 1.82) is 0 Å². The first-order chi connectivity index (χ1) is 13.0. The van der Waals surface area contributed by atoms with Gasteiger partial charge < -0.3 is 10.2 Å². The second kappa shape index (κ2) is 7.19. The number of nitrogens with one attached hydrogen (secondary N) is 1. The van der Waals surface area contributed by atoms with Gasteiger partial charge in [0, 0.05) is 36.3 Å². The van der Waals surface area contributed by atoms with E-state index in [2.05, 4.69) is 20.3 Å². The number of anilines is 2. The molecular weight excluding hydrogens is 365 g/mol. The minimum atomic E-state index is -0.331. The van der Waals surface area contributed by atoms with E-state index in [1.165, 1.54) is 6.07 Å². The number of amides is 1. The average molecular weight is 385 g/mol. The lowest BCUT2D eigenvalue weighted by Crippen LogP contribution is -2.33. The third-order valence-electron chi connectivity index (χ3n) is 4.52. The van der Waals surface area contributed by atoms with E-state index < -0.39 is 0 Å². The zero-order chi connectivity index (χ0) is 19.0. The highest BCUT2D eigenvalue weighted by Crippen LogP contribution is 2.24. The van der Waals surface area contributed by atoms with E-state index in [0.717, 1.165) is 41.6 Å². The standard InChI is InChI=1S/C19H20FN5OS/c1-12-9-14(3-4-15(12)20)22-19(26)16-10-17-18(24-5-7-27-8-6-24)21-13(2)11-25(17)23-16/h3-4,9-11H,5-8H2,1-2H3,(H,22,26). The molecule has 0 radical (unpaired) electrons. The molecule has 140 valence electrons. The second-order valence-electron chi connectivity index (χ2n) is 6.58. The highest BCUT2D eigenvalue weighted by molar-refractivity contribution is 7.99. The summed E-state index contributed by atoms with van der Waals surface area (Å²) < 4.78 is 15.1. The summed E-state index contributed by atoms with van der Waals surface area (Å²) in [6.07, 6.45) is 1.82. The smallest absolute Gasteiger partial charge is 0.276 e. The van der Waals surface area contributed by atoms with Crippen LogP contribution in [0.5, 0.6) is 0 Å². The quantitative estimate of drug-likeness (QED) is 0.750. The summed E-state index contributed by atoms with van der Waals surface area (Å²) in [6.45, 7) is 5.44. The maximum absolute atomic E-state index is 13.4. The molecule has 3 aromatic rings. The lowest BCUT2D eigenvalue weighted by atomic mass is 10.2. The summed E-state index contributed by atoms with van der Waals surface area (Å²) in [5, 5.41) is 7.21. The molecule has 2 aromatic heterocycles. The Balaban J connectivity index is 1.66. The van der Waals surface area contributed by atoms with Gasteiger partial charge in [0.05, 0.1) is 11.9 Å². The third-order valence-corrected chi connectivity index (χ3v) is 5.46. The Labute approximate surface area is 160 Å². The minimum absolute atomic E-state index is 0.299. The van der Waals surface area contributed by atoms with Crippen molar-refractivity contribution in [3.63, 3.8) is 0 Å². The fourth-order valence-corrected chi connectivity index (χ4v) is 4.03. The van der Waals surface area contributed by atoms with Crippen LogP contribution in [0.2, 0.25) is 0 Å². The van der Waals surface area contributed by atoms with Crippen LogP contribution in [0.3, 0.4) is 0 Å². The second-order valence-corrected chi connectivity index (χ2v) is 7.81. The zero-order valence-electron chi connectivity index (χ0n) is 15.2. The number of carbonyl (C=O) groups excluding carboxylic acids is 1. The Hall–Kier alpha value is -2.61. The predicted octanol–water partition coefficient (Wildman–Crippen LogP) is 3.29. The normalized spacial score (nSPS) is 14.6. The largest absolute Gasteiger partial charge is 0.353 e. The molecule has 8 heteroatoms. The molecule has 27 heavy (non-hydrogen) atoms. The van der Waals surface area contributed by atoms with Gasteiger partial charge >= 0.3 is 0 Å².